The Morgan fingerprint density at radius 2 is 1.50 bits per heavy atom. The molecule has 1 saturated heterocycles. The molecule has 0 saturated carbocycles. The van der Waals surface area contributed by atoms with E-state index >= 15 is 0 Å². The second-order valence-corrected chi connectivity index (χ2v) is 15.7. The van der Waals surface area contributed by atoms with Crippen molar-refractivity contribution in [3.05, 3.63) is 35.9 Å². The molecule has 306 valence electrons. The number of benzene rings is 1. The van der Waals surface area contributed by atoms with Crippen LogP contribution in [0, 0.1) is 23.7 Å². The molecule has 1 aromatic rings. The van der Waals surface area contributed by atoms with E-state index in [1.807, 2.05) is 90.9 Å². The molecule has 9 atom stereocenters. The highest BCUT2D eigenvalue weighted by Crippen LogP contribution is 2.30. The summed E-state index contributed by atoms with van der Waals surface area (Å²) in [5.41, 5.74) is 0.876. The van der Waals surface area contributed by atoms with E-state index in [9.17, 15) is 24.0 Å². The summed E-state index contributed by atoms with van der Waals surface area (Å²) in [5.74, 6) is -2.41. The average molecular weight is 760 g/mol. The molecule has 1 aliphatic heterocycles. The number of hydrogen-bond donors (Lipinski definition) is 2. The molecule has 1 fully saturated rings. The second kappa shape index (κ2) is 22.1. The molecule has 2 rings (SSSR count). The van der Waals surface area contributed by atoms with Gasteiger partial charge in [-0.15, -0.1) is 0 Å². The quantitative estimate of drug-likeness (QED) is 0.180. The maximum Gasteiger partial charge on any atom is 0.328 e. The zero-order chi connectivity index (χ0) is 40.9. The van der Waals surface area contributed by atoms with Crippen LogP contribution in [0.15, 0.2) is 30.3 Å². The van der Waals surface area contributed by atoms with Gasteiger partial charge in [-0.2, -0.15) is 0 Å². The van der Waals surface area contributed by atoms with E-state index in [1.165, 1.54) is 14.2 Å². The minimum Gasteiger partial charge on any atom is -0.467 e. The van der Waals surface area contributed by atoms with Crippen LogP contribution in [0.3, 0.4) is 0 Å². The summed E-state index contributed by atoms with van der Waals surface area (Å²) in [5, 5.41) is 5.89. The highest BCUT2D eigenvalue weighted by atomic mass is 16.5. The van der Waals surface area contributed by atoms with Gasteiger partial charge in [0, 0.05) is 34.2 Å². The molecule has 0 bridgehead atoms. The van der Waals surface area contributed by atoms with E-state index in [-0.39, 0.29) is 60.3 Å². The van der Waals surface area contributed by atoms with E-state index in [4.69, 9.17) is 14.2 Å². The number of rotatable bonds is 21. The van der Waals surface area contributed by atoms with Crippen molar-refractivity contribution in [1.82, 2.24) is 25.3 Å². The first kappa shape index (κ1) is 46.6. The lowest BCUT2D eigenvalue weighted by Crippen LogP contribution is -2.59. The summed E-state index contributed by atoms with van der Waals surface area (Å²) in [4.78, 5) is 73.5. The predicted molar refractivity (Wildman–Crippen MR) is 209 cm³/mol. The van der Waals surface area contributed by atoms with Crippen LogP contribution < -0.4 is 10.6 Å². The molecular formula is C41H69N5O8. The Labute approximate surface area is 324 Å². The van der Waals surface area contributed by atoms with Crippen molar-refractivity contribution in [3.8, 4) is 0 Å². The van der Waals surface area contributed by atoms with Gasteiger partial charge < -0.3 is 34.6 Å². The number of carbonyl (C=O) groups excluding carboxylic acids is 5. The van der Waals surface area contributed by atoms with Gasteiger partial charge in [0.1, 0.15) is 12.1 Å². The Morgan fingerprint density at radius 3 is 2.00 bits per heavy atom. The lowest BCUT2D eigenvalue weighted by atomic mass is 9.89. The van der Waals surface area contributed by atoms with Crippen LogP contribution in [0.25, 0.3) is 0 Å². The normalized spacial score (nSPS) is 19.0. The molecular weight excluding hydrogens is 690 g/mol. The van der Waals surface area contributed by atoms with Gasteiger partial charge in [-0.25, -0.2) is 4.79 Å². The third-order valence-corrected chi connectivity index (χ3v) is 11.0. The lowest BCUT2D eigenvalue weighted by Gasteiger charge is -2.41. The van der Waals surface area contributed by atoms with Gasteiger partial charge in [0.2, 0.25) is 23.6 Å². The molecule has 0 aliphatic carbocycles. The van der Waals surface area contributed by atoms with Crippen molar-refractivity contribution in [3.63, 3.8) is 0 Å². The smallest absolute Gasteiger partial charge is 0.328 e. The zero-order valence-corrected chi connectivity index (χ0v) is 35.1. The van der Waals surface area contributed by atoms with Crippen molar-refractivity contribution < 1.29 is 38.2 Å². The Balaban J connectivity index is 2.29. The van der Waals surface area contributed by atoms with E-state index in [0.29, 0.717) is 13.0 Å². The number of likely N-dealkylation sites (N-methyl/N-ethyl adjacent to an activating group) is 2. The first-order valence-corrected chi connectivity index (χ1v) is 19.5. The number of esters is 1. The number of carbonyl (C=O) groups is 5. The van der Waals surface area contributed by atoms with Crippen LogP contribution in [-0.2, 0) is 44.6 Å². The molecule has 0 radical (unpaired) electrons. The molecule has 8 unspecified atom stereocenters. The van der Waals surface area contributed by atoms with Crippen molar-refractivity contribution in [1.29, 1.82) is 0 Å². The van der Waals surface area contributed by atoms with Crippen LogP contribution in [0.4, 0.5) is 0 Å². The molecule has 0 aromatic heterocycles. The van der Waals surface area contributed by atoms with Gasteiger partial charge in [-0.3, -0.25) is 24.1 Å². The van der Waals surface area contributed by atoms with E-state index < -0.39 is 48.3 Å². The third-order valence-electron chi connectivity index (χ3n) is 11.0. The first-order valence-electron chi connectivity index (χ1n) is 19.5. The summed E-state index contributed by atoms with van der Waals surface area (Å²) in [6.07, 6.45) is 1.08. The van der Waals surface area contributed by atoms with Crippen LogP contribution in [-0.4, -0.2) is 136 Å². The topological polar surface area (TPSA) is 147 Å². The van der Waals surface area contributed by atoms with Gasteiger partial charge in [0.15, 0.2) is 0 Å². The molecule has 2 N–H and O–H groups in total. The second-order valence-electron chi connectivity index (χ2n) is 15.7. The minimum absolute atomic E-state index is 0.00683. The molecule has 1 aliphatic rings. The Kier molecular flexibility index (Phi) is 19.1. The number of amides is 4. The summed E-state index contributed by atoms with van der Waals surface area (Å²) in [6, 6.07) is 6.46. The Bertz CT molecular complexity index is 1350. The van der Waals surface area contributed by atoms with Crippen molar-refractivity contribution in [2.24, 2.45) is 23.7 Å². The van der Waals surface area contributed by atoms with Crippen molar-refractivity contribution in [2.75, 3.05) is 49.0 Å². The minimum atomic E-state index is -0.890. The average Bonchev–Trinajstić information content (AvgIpc) is 3.62. The fourth-order valence-corrected chi connectivity index (χ4v) is 7.90. The fourth-order valence-electron chi connectivity index (χ4n) is 7.90. The van der Waals surface area contributed by atoms with Crippen LogP contribution in [0.2, 0.25) is 0 Å². The van der Waals surface area contributed by atoms with E-state index in [2.05, 4.69) is 10.6 Å². The van der Waals surface area contributed by atoms with Gasteiger partial charge in [0.25, 0.3) is 0 Å². The van der Waals surface area contributed by atoms with E-state index in [1.54, 1.807) is 30.9 Å². The van der Waals surface area contributed by atoms with Crippen LogP contribution in [0.1, 0.15) is 79.7 Å². The maximum atomic E-state index is 14.2. The number of nitrogens with zero attached hydrogens (tertiary/aromatic N) is 3. The molecule has 1 aromatic carbocycles. The lowest BCUT2D eigenvalue weighted by molar-refractivity contribution is -0.149. The van der Waals surface area contributed by atoms with E-state index in [0.717, 1.165) is 18.4 Å². The van der Waals surface area contributed by atoms with Gasteiger partial charge in [-0.1, -0.05) is 85.2 Å². The molecule has 1 heterocycles. The Morgan fingerprint density at radius 1 is 0.870 bits per heavy atom. The van der Waals surface area contributed by atoms with Crippen LogP contribution >= 0.6 is 0 Å². The number of hydrogen-bond acceptors (Lipinski definition) is 9. The predicted octanol–water partition coefficient (Wildman–Crippen LogP) is 3.53. The Hall–Kier alpha value is -3.55. The summed E-state index contributed by atoms with van der Waals surface area (Å²) >= 11 is 0. The summed E-state index contributed by atoms with van der Waals surface area (Å²) < 4.78 is 16.9. The van der Waals surface area contributed by atoms with Gasteiger partial charge in [-0.05, 0) is 50.3 Å². The SMILES string of the molecule is CCC(C)C(C(CC(=O)N1CCCC1C(OC)C(C)C(=O)NC(Cc1ccccc1)C(=O)OC)OC)N(C)C(=O)[C@@H](NC(=O)C(C(C)C)N(C)C)C(C)C. The van der Waals surface area contributed by atoms with Crippen molar-refractivity contribution in [2.45, 2.75) is 123 Å². The number of ether oxygens (including phenoxy) is 3. The largest absolute Gasteiger partial charge is 0.467 e. The van der Waals surface area contributed by atoms with Crippen LogP contribution in [0.5, 0.6) is 0 Å². The third kappa shape index (κ3) is 12.2. The zero-order valence-electron chi connectivity index (χ0n) is 35.1. The molecule has 13 nitrogen and oxygen atoms in total. The molecule has 54 heavy (non-hydrogen) atoms. The molecule has 4 amide bonds. The first-order chi connectivity index (χ1) is 25.4. The summed E-state index contributed by atoms with van der Waals surface area (Å²) in [6.45, 7) is 14.1. The highest BCUT2D eigenvalue weighted by Gasteiger charge is 2.43. The molecule has 0 spiro atoms. The van der Waals surface area contributed by atoms with Gasteiger partial charge in [0.05, 0.1) is 49.8 Å². The van der Waals surface area contributed by atoms with Crippen molar-refractivity contribution >= 4 is 29.6 Å². The monoisotopic (exact) mass is 760 g/mol. The van der Waals surface area contributed by atoms with Gasteiger partial charge >= 0.3 is 5.97 Å². The maximum absolute atomic E-state index is 14.2. The summed E-state index contributed by atoms with van der Waals surface area (Å²) in [7, 11) is 9.80. The number of methoxy groups -OCH3 is 3. The molecule has 13 heteroatoms. The highest BCUT2D eigenvalue weighted by molar-refractivity contribution is 5.90. The number of likely N-dealkylation sites (tertiary alicyclic amines) is 1. The number of nitrogens with one attached hydrogen (secondary N) is 2. The standard InChI is InChI=1S/C41H69N5O8/c1-14-27(6)36(45(10)40(50)34(25(2)3)43-39(49)35(26(4)5)44(8)9)32(52-11)24-33(47)46-22-18-21-31(46)37(53-12)28(7)38(48)42-30(41(51)54-13)23-29-19-16-15-17-20-29/h15-17,19-20,25-28,30-32,34-37H,14,18,21-24H2,1-13H3,(H,42,48)(H,43,49)/t27?,28?,30?,31?,32?,34-,35?,36?,37?/m0/s1. The fraction of sp³-hybridized carbons (Fsp3) is 0.732.